The second kappa shape index (κ2) is 7.31. The Hall–Kier alpha value is -2.64. The van der Waals surface area contributed by atoms with Crippen molar-refractivity contribution in [3.05, 3.63) is 35.3 Å². The number of hydrogen-bond donors (Lipinski definition) is 2. The fourth-order valence-corrected chi connectivity index (χ4v) is 3.34. The van der Waals surface area contributed by atoms with Crippen molar-refractivity contribution in [2.24, 2.45) is 5.92 Å². The molecule has 0 bridgehead atoms. The van der Waals surface area contributed by atoms with Gasteiger partial charge in [0.25, 0.3) is 5.91 Å². The first kappa shape index (κ1) is 18.2. The lowest BCUT2D eigenvalue weighted by atomic mass is 10.1. The number of carbonyl (C=O) groups is 2. The normalized spacial score (nSPS) is 20.0. The molecule has 1 saturated heterocycles. The van der Waals surface area contributed by atoms with E-state index in [1.54, 1.807) is 17.9 Å². The molecule has 1 aliphatic heterocycles. The Balaban J connectivity index is 1.81. The van der Waals surface area contributed by atoms with Gasteiger partial charge in [-0.15, -0.1) is 0 Å². The van der Waals surface area contributed by atoms with E-state index in [-0.39, 0.29) is 29.8 Å². The first-order chi connectivity index (χ1) is 12.3. The van der Waals surface area contributed by atoms with Gasteiger partial charge in [-0.3, -0.25) is 14.7 Å². The molecule has 2 aromatic heterocycles. The van der Waals surface area contributed by atoms with E-state index in [1.165, 1.54) is 6.26 Å². The number of nitrogens with one attached hydrogen (secondary N) is 2. The van der Waals surface area contributed by atoms with E-state index in [1.807, 2.05) is 20.8 Å². The minimum Gasteiger partial charge on any atom is -0.469 e. The number of hydrogen-bond acceptors (Lipinski definition) is 5. The number of rotatable bonds is 5. The van der Waals surface area contributed by atoms with E-state index in [0.717, 1.165) is 0 Å². The SMILES string of the molecule is Cc1nc([C@@H]2C[C@H](NC(=O)CC(C)C)CN2C(=O)c2ccoc2C)n[nH]1. The maximum atomic E-state index is 13.0. The van der Waals surface area contributed by atoms with Crippen LogP contribution in [-0.2, 0) is 4.79 Å². The summed E-state index contributed by atoms with van der Waals surface area (Å²) in [6.45, 7) is 8.01. The molecular weight excluding hydrogens is 334 g/mol. The smallest absolute Gasteiger partial charge is 0.258 e. The van der Waals surface area contributed by atoms with Crippen LogP contribution in [0.1, 0.15) is 60.5 Å². The van der Waals surface area contributed by atoms with Gasteiger partial charge in [0.15, 0.2) is 5.82 Å². The summed E-state index contributed by atoms with van der Waals surface area (Å²) in [4.78, 5) is 31.3. The van der Waals surface area contributed by atoms with Gasteiger partial charge in [0.05, 0.1) is 17.9 Å². The predicted molar refractivity (Wildman–Crippen MR) is 94.3 cm³/mol. The van der Waals surface area contributed by atoms with Crippen LogP contribution in [0.15, 0.2) is 16.7 Å². The lowest BCUT2D eigenvalue weighted by molar-refractivity contribution is -0.122. The highest BCUT2D eigenvalue weighted by Crippen LogP contribution is 2.32. The van der Waals surface area contributed by atoms with E-state index >= 15 is 0 Å². The Morgan fingerprint density at radius 1 is 1.42 bits per heavy atom. The topological polar surface area (TPSA) is 104 Å². The lowest BCUT2D eigenvalue weighted by Crippen LogP contribution is -2.39. The minimum absolute atomic E-state index is 0.00343. The zero-order valence-electron chi connectivity index (χ0n) is 15.6. The number of nitrogens with zero attached hydrogens (tertiary/aromatic N) is 3. The van der Waals surface area contributed by atoms with Gasteiger partial charge in [-0.25, -0.2) is 4.98 Å². The average molecular weight is 359 g/mol. The average Bonchev–Trinajstić information content (AvgIpc) is 3.25. The van der Waals surface area contributed by atoms with Crippen molar-refractivity contribution in [1.29, 1.82) is 0 Å². The summed E-state index contributed by atoms with van der Waals surface area (Å²) in [6.07, 6.45) is 2.56. The maximum Gasteiger partial charge on any atom is 0.258 e. The van der Waals surface area contributed by atoms with Crippen LogP contribution >= 0.6 is 0 Å². The van der Waals surface area contributed by atoms with Crippen LogP contribution in [0.4, 0.5) is 0 Å². The molecule has 1 fully saturated rings. The molecule has 8 nitrogen and oxygen atoms in total. The molecule has 0 aliphatic carbocycles. The fourth-order valence-electron chi connectivity index (χ4n) is 3.34. The van der Waals surface area contributed by atoms with Gasteiger partial charge in [0, 0.05) is 19.0 Å². The number of aromatic nitrogens is 3. The molecule has 8 heteroatoms. The van der Waals surface area contributed by atoms with Crippen LogP contribution < -0.4 is 5.32 Å². The molecule has 140 valence electrons. The number of aryl methyl sites for hydroxylation is 2. The molecular formula is C18H25N5O3. The molecule has 2 amide bonds. The largest absolute Gasteiger partial charge is 0.469 e. The highest BCUT2D eigenvalue weighted by atomic mass is 16.3. The Bertz CT molecular complexity index is 794. The van der Waals surface area contributed by atoms with E-state index in [0.29, 0.717) is 42.4 Å². The van der Waals surface area contributed by atoms with E-state index in [4.69, 9.17) is 4.42 Å². The number of H-pyrrole nitrogens is 1. The molecule has 3 heterocycles. The van der Waals surface area contributed by atoms with E-state index in [9.17, 15) is 9.59 Å². The van der Waals surface area contributed by atoms with Crippen molar-refractivity contribution in [3.8, 4) is 0 Å². The van der Waals surface area contributed by atoms with Gasteiger partial charge in [0.2, 0.25) is 5.91 Å². The van der Waals surface area contributed by atoms with Crippen LogP contribution in [0, 0.1) is 19.8 Å². The van der Waals surface area contributed by atoms with Crippen molar-refractivity contribution in [2.75, 3.05) is 6.54 Å². The molecule has 3 rings (SSSR count). The van der Waals surface area contributed by atoms with Crippen molar-refractivity contribution in [3.63, 3.8) is 0 Å². The van der Waals surface area contributed by atoms with Crippen LogP contribution in [0.3, 0.4) is 0 Å². The summed E-state index contributed by atoms with van der Waals surface area (Å²) in [5, 5.41) is 10.1. The first-order valence-corrected chi connectivity index (χ1v) is 8.88. The van der Waals surface area contributed by atoms with Crippen LogP contribution in [-0.4, -0.2) is 44.5 Å². The number of carbonyl (C=O) groups excluding carboxylic acids is 2. The Morgan fingerprint density at radius 3 is 2.77 bits per heavy atom. The van der Waals surface area contributed by atoms with Crippen LogP contribution in [0.2, 0.25) is 0 Å². The second-order valence-electron chi connectivity index (χ2n) is 7.24. The standard InChI is InChI=1S/C18H25N5O3/c1-10(2)7-16(24)20-13-8-15(17-19-12(4)21-22-17)23(9-13)18(25)14-5-6-26-11(14)3/h5-6,10,13,15H,7-9H2,1-4H3,(H,20,24)(H,19,21,22)/t13-,15-/m0/s1. The third kappa shape index (κ3) is 3.79. The van der Waals surface area contributed by atoms with E-state index < -0.39 is 0 Å². The second-order valence-corrected chi connectivity index (χ2v) is 7.24. The summed E-state index contributed by atoms with van der Waals surface area (Å²) >= 11 is 0. The third-order valence-electron chi connectivity index (χ3n) is 4.52. The molecule has 2 atom stereocenters. The summed E-state index contributed by atoms with van der Waals surface area (Å²) in [6, 6.07) is 1.26. The number of likely N-dealkylation sites (tertiary alicyclic amines) is 1. The van der Waals surface area contributed by atoms with Gasteiger partial charge in [-0.05, 0) is 32.3 Å². The third-order valence-corrected chi connectivity index (χ3v) is 4.52. The molecule has 0 radical (unpaired) electrons. The zero-order valence-corrected chi connectivity index (χ0v) is 15.6. The fraction of sp³-hybridized carbons (Fsp3) is 0.556. The Kier molecular flexibility index (Phi) is 5.11. The molecule has 0 spiro atoms. The van der Waals surface area contributed by atoms with Crippen molar-refractivity contribution < 1.29 is 14.0 Å². The molecule has 26 heavy (non-hydrogen) atoms. The summed E-state index contributed by atoms with van der Waals surface area (Å²) in [5.41, 5.74) is 0.524. The predicted octanol–water partition coefficient (Wildman–Crippen LogP) is 2.13. The maximum absolute atomic E-state index is 13.0. The summed E-state index contributed by atoms with van der Waals surface area (Å²) in [7, 11) is 0. The first-order valence-electron chi connectivity index (χ1n) is 8.88. The number of amides is 2. The zero-order chi connectivity index (χ0) is 18.8. The molecule has 1 aliphatic rings. The van der Waals surface area contributed by atoms with Crippen molar-refractivity contribution >= 4 is 11.8 Å². The Labute approximate surface area is 152 Å². The van der Waals surface area contributed by atoms with Crippen LogP contribution in [0.5, 0.6) is 0 Å². The molecule has 0 aromatic carbocycles. The highest BCUT2D eigenvalue weighted by Gasteiger charge is 2.40. The van der Waals surface area contributed by atoms with Gasteiger partial charge in [-0.2, -0.15) is 5.10 Å². The van der Waals surface area contributed by atoms with Gasteiger partial charge < -0.3 is 14.6 Å². The Morgan fingerprint density at radius 2 is 2.19 bits per heavy atom. The van der Waals surface area contributed by atoms with Gasteiger partial charge in [0.1, 0.15) is 11.6 Å². The molecule has 2 aromatic rings. The number of furan rings is 1. The minimum atomic E-state index is -0.286. The van der Waals surface area contributed by atoms with Gasteiger partial charge in [-0.1, -0.05) is 13.8 Å². The molecule has 0 saturated carbocycles. The highest BCUT2D eigenvalue weighted by molar-refractivity contribution is 5.95. The summed E-state index contributed by atoms with van der Waals surface area (Å²) < 4.78 is 5.27. The van der Waals surface area contributed by atoms with Gasteiger partial charge >= 0.3 is 0 Å². The van der Waals surface area contributed by atoms with Crippen molar-refractivity contribution in [2.45, 2.75) is 52.6 Å². The summed E-state index contributed by atoms with van der Waals surface area (Å²) in [5.74, 6) is 1.99. The van der Waals surface area contributed by atoms with Crippen molar-refractivity contribution in [1.82, 2.24) is 25.4 Å². The quantitative estimate of drug-likeness (QED) is 0.851. The monoisotopic (exact) mass is 359 g/mol. The van der Waals surface area contributed by atoms with Crippen LogP contribution in [0.25, 0.3) is 0 Å². The molecule has 0 unspecified atom stereocenters. The lowest BCUT2D eigenvalue weighted by Gasteiger charge is -2.22. The number of aromatic amines is 1. The molecule has 2 N–H and O–H groups in total. The van der Waals surface area contributed by atoms with E-state index in [2.05, 4.69) is 20.5 Å².